The number of carbonyl (C=O) groups is 1. The first kappa shape index (κ1) is 16.9. The van der Waals surface area contributed by atoms with E-state index in [0.29, 0.717) is 30.2 Å². The molecule has 142 valence electrons. The van der Waals surface area contributed by atoms with E-state index in [0.717, 1.165) is 24.4 Å². The van der Waals surface area contributed by atoms with Gasteiger partial charge in [0, 0.05) is 37.1 Å². The number of hydrogen-bond donors (Lipinski definition) is 0. The van der Waals surface area contributed by atoms with Crippen molar-refractivity contribution >= 4 is 22.6 Å². The molecule has 1 saturated heterocycles. The van der Waals surface area contributed by atoms with Gasteiger partial charge < -0.3 is 19.3 Å². The van der Waals surface area contributed by atoms with Gasteiger partial charge in [-0.1, -0.05) is 18.2 Å². The molecule has 0 spiro atoms. The molecule has 0 N–H and O–H groups in total. The Bertz CT molecular complexity index is 1060. The predicted octanol–water partition coefficient (Wildman–Crippen LogP) is 3.23. The number of amides is 1. The number of para-hydroxylation sites is 1. The summed E-state index contributed by atoms with van der Waals surface area (Å²) < 4.78 is 10.7. The van der Waals surface area contributed by atoms with Gasteiger partial charge in [0.25, 0.3) is 5.91 Å². The second-order valence-corrected chi connectivity index (χ2v) is 7.16. The summed E-state index contributed by atoms with van der Waals surface area (Å²) in [5, 5.41) is 1.18. The lowest BCUT2D eigenvalue weighted by atomic mass is 10.1. The number of fused-ring (bicyclic) bond motifs is 2. The van der Waals surface area contributed by atoms with E-state index < -0.39 is 0 Å². The minimum Gasteiger partial charge on any atom is -0.454 e. The summed E-state index contributed by atoms with van der Waals surface area (Å²) in [7, 11) is 0. The number of ether oxygens (including phenoxy) is 2. The van der Waals surface area contributed by atoms with Crippen LogP contribution >= 0.6 is 0 Å². The Kier molecular flexibility index (Phi) is 4.04. The molecular weight excluding hydrogens is 354 g/mol. The summed E-state index contributed by atoms with van der Waals surface area (Å²) in [6.45, 7) is 5.19. The highest BCUT2D eigenvalue weighted by molar-refractivity contribution is 5.95. The molecule has 1 amide bonds. The van der Waals surface area contributed by atoms with Crippen molar-refractivity contribution in [3.8, 4) is 11.5 Å². The molecule has 5 rings (SSSR count). The van der Waals surface area contributed by atoms with Crippen molar-refractivity contribution < 1.29 is 14.3 Å². The number of rotatable bonds is 2. The van der Waals surface area contributed by atoms with E-state index in [9.17, 15) is 4.79 Å². The molecule has 0 radical (unpaired) electrons. The van der Waals surface area contributed by atoms with E-state index >= 15 is 0 Å². The molecule has 1 fully saturated rings. The Morgan fingerprint density at radius 2 is 1.75 bits per heavy atom. The zero-order valence-electron chi connectivity index (χ0n) is 15.7. The molecule has 2 aliphatic rings. The maximum Gasteiger partial charge on any atom is 0.254 e. The number of hydrogen-bond acceptors (Lipinski definition) is 5. The van der Waals surface area contributed by atoms with Crippen LogP contribution in [0.2, 0.25) is 0 Å². The third-order valence-electron chi connectivity index (χ3n) is 5.42. The molecule has 0 aliphatic carbocycles. The number of nitrogens with zero attached hydrogens (tertiary/aromatic N) is 3. The van der Waals surface area contributed by atoms with E-state index in [1.54, 1.807) is 18.2 Å². The van der Waals surface area contributed by atoms with Crippen LogP contribution in [0.4, 0.5) is 5.82 Å². The summed E-state index contributed by atoms with van der Waals surface area (Å²) in [4.78, 5) is 21.8. The van der Waals surface area contributed by atoms with E-state index in [1.165, 1.54) is 10.9 Å². The molecule has 3 heterocycles. The second-order valence-electron chi connectivity index (χ2n) is 7.16. The van der Waals surface area contributed by atoms with Gasteiger partial charge in [0.05, 0.1) is 5.52 Å². The van der Waals surface area contributed by atoms with Crippen LogP contribution in [0.5, 0.6) is 11.5 Å². The smallest absolute Gasteiger partial charge is 0.254 e. The normalized spacial score (nSPS) is 15.9. The molecule has 6 nitrogen and oxygen atoms in total. The van der Waals surface area contributed by atoms with Gasteiger partial charge in [-0.25, -0.2) is 4.98 Å². The van der Waals surface area contributed by atoms with Crippen LogP contribution in [0.15, 0.2) is 48.5 Å². The molecule has 1 aromatic heterocycles. The Morgan fingerprint density at radius 1 is 0.964 bits per heavy atom. The molecule has 0 bridgehead atoms. The number of anilines is 1. The fraction of sp³-hybridized carbons (Fsp3) is 0.273. The molecule has 0 saturated carbocycles. The van der Waals surface area contributed by atoms with Crippen LogP contribution in [0.1, 0.15) is 15.9 Å². The molecule has 6 heteroatoms. The van der Waals surface area contributed by atoms with Crippen LogP contribution in [0.3, 0.4) is 0 Å². The van der Waals surface area contributed by atoms with Crippen LogP contribution in [0.25, 0.3) is 10.9 Å². The van der Waals surface area contributed by atoms with Crippen LogP contribution in [0, 0.1) is 6.92 Å². The molecule has 0 unspecified atom stereocenters. The maximum atomic E-state index is 12.9. The Labute approximate surface area is 163 Å². The summed E-state index contributed by atoms with van der Waals surface area (Å²) >= 11 is 0. The number of aromatic nitrogens is 1. The van der Waals surface area contributed by atoms with Gasteiger partial charge in [0.1, 0.15) is 5.82 Å². The first-order chi connectivity index (χ1) is 13.7. The van der Waals surface area contributed by atoms with Crippen molar-refractivity contribution in [2.24, 2.45) is 0 Å². The van der Waals surface area contributed by atoms with Gasteiger partial charge in [0.2, 0.25) is 6.79 Å². The van der Waals surface area contributed by atoms with E-state index in [4.69, 9.17) is 14.5 Å². The average Bonchev–Trinajstić information content (AvgIpc) is 3.21. The van der Waals surface area contributed by atoms with Gasteiger partial charge >= 0.3 is 0 Å². The lowest BCUT2D eigenvalue weighted by Crippen LogP contribution is -2.49. The van der Waals surface area contributed by atoms with Gasteiger partial charge in [-0.05, 0) is 42.8 Å². The summed E-state index contributed by atoms with van der Waals surface area (Å²) in [6, 6.07) is 15.7. The number of pyridine rings is 1. The van der Waals surface area contributed by atoms with Gasteiger partial charge in [-0.3, -0.25) is 4.79 Å². The van der Waals surface area contributed by atoms with E-state index in [2.05, 4.69) is 24.0 Å². The van der Waals surface area contributed by atoms with Crippen molar-refractivity contribution in [2.75, 3.05) is 37.9 Å². The fourth-order valence-electron chi connectivity index (χ4n) is 3.84. The summed E-state index contributed by atoms with van der Waals surface area (Å²) in [6.07, 6.45) is 0. The first-order valence-corrected chi connectivity index (χ1v) is 9.49. The standard InChI is InChI=1S/C22H21N3O3/c1-15-12-21(23-18-5-3-2-4-17(15)18)24-8-10-25(11-9-24)22(26)16-6-7-19-20(13-16)28-14-27-19/h2-7,12-13H,8-11,14H2,1H3. The van der Waals surface area contributed by atoms with Crippen LogP contribution < -0.4 is 14.4 Å². The maximum absolute atomic E-state index is 12.9. The number of piperazine rings is 1. The summed E-state index contributed by atoms with van der Waals surface area (Å²) in [5.74, 6) is 2.34. The third kappa shape index (κ3) is 2.91. The Balaban J connectivity index is 1.30. The van der Waals surface area contributed by atoms with Gasteiger partial charge in [-0.2, -0.15) is 0 Å². The highest BCUT2D eigenvalue weighted by Crippen LogP contribution is 2.33. The Morgan fingerprint density at radius 3 is 2.61 bits per heavy atom. The van der Waals surface area contributed by atoms with Crippen molar-refractivity contribution in [3.63, 3.8) is 0 Å². The minimum absolute atomic E-state index is 0.0283. The highest BCUT2D eigenvalue weighted by atomic mass is 16.7. The van der Waals surface area contributed by atoms with Crippen molar-refractivity contribution in [3.05, 3.63) is 59.7 Å². The van der Waals surface area contributed by atoms with E-state index in [1.807, 2.05) is 23.1 Å². The monoisotopic (exact) mass is 375 g/mol. The minimum atomic E-state index is 0.0283. The average molecular weight is 375 g/mol. The van der Waals surface area contributed by atoms with Gasteiger partial charge in [0.15, 0.2) is 11.5 Å². The molecule has 28 heavy (non-hydrogen) atoms. The third-order valence-corrected chi connectivity index (χ3v) is 5.42. The highest BCUT2D eigenvalue weighted by Gasteiger charge is 2.25. The zero-order chi connectivity index (χ0) is 19.1. The Hall–Kier alpha value is -3.28. The molecule has 2 aromatic carbocycles. The first-order valence-electron chi connectivity index (χ1n) is 9.49. The SMILES string of the molecule is Cc1cc(N2CCN(C(=O)c3ccc4c(c3)OCO4)CC2)nc2ccccc12. The number of benzene rings is 2. The lowest BCUT2D eigenvalue weighted by Gasteiger charge is -2.35. The van der Waals surface area contributed by atoms with Crippen molar-refractivity contribution in [1.82, 2.24) is 9.88 Å². The predicted molar refractivity (Wildman–Crippen MR) is 107 cm³/mol. The molecule has 3 aromatic rings. The molecule has 2 aliphatic heterocycles. The fourth-order valence-corrected chi connectivity index (χ4v) is 3.84. The largest absolute Gasteiger partial charge is 0.454 e. The number of carbonyl (C=O) groups excluding carboxylic acids is 1. The van der Waals surface area contributed by atoms with Gasteiger partial charge in [-0.15, -0.1) is 0 Å². The molecular formula is C22H21N3O3. The van der Waals surface area contributed by atoms with Crippen molar-refractivity contribution in [2.45, 2.75) is 6.92 Å². The van der Waals surface area contributed by atoms with Crippen LogP contribution in [-0.4, -0.2) is 48.8 Å². The number of aryl methyl sites for hydroxylation is 1. The van der Waals surface area contributed by atoms with Crippen LogP contribution in [-0.2, 0) is 0 Å². The quantitative estimate of drug-likeness (QED) is 0.688. The zero-order valence-corrected chi connectivity index (χ0v) is 15.7. The summed E-state index contributed by atoms with van der Waals surface area (Å²) in [5.41, 5.74) is 2.87. The second kappa shape index (κ2) is 6.71. The molecule has 0 atom stereocenters. The lowest BCUT2D eigenvalue weighted by molar-refractivity contribution is 0.0746. The van der Waals surface area contributed by atoms with Crippen molar-refractivity contribution in [1.29, 1.82) is 0 Å². The topological polar surface area (TPSA) is 54.9 Å². The van der Waals surface area contributed by atoms with E-state index in [-0.39, 0.29) is 12.7 Å².